The fourth-order valence-corrected chi connectivity index (χ4v) is 4.76. The quantitative estimate of drug-likeness (QED) is 0.652. The highest BCUT2D eigenvalue weighted by atomic mass is 32.2. The highest BCUT2D eigenvalue weighted by molar-refractivity contribution is 8.15. The number of thioether (sulfide) groups is 1. The third-order valence-corrected chi connectivity index (χ3v) is 7.18. The number of rotatable bonds is 8. The van der Waals surface area contributed by atoms with E-state index in [0.717, 1.165) is 12.0 Å². The number of nitriles is 1. The van der Waals surface area contributed by atoms with Crippen molar-refractivity contribution >= 4 is 34.4 Å². The summed E-state index contributed by atoms with van der Waals surface area (Å²) in [5.74, 6) is -0.241. The molecule has 164 valence electrons. The normalized spacial score (nSPS) is 20.2. The van der Waals surface area contributed by atoms with Crippen LogP contribution in [0.15, 0.2) is 59.6 Å². The second-order valence-electron chi connectivity index (χ2n) is 8.65. The first-order chi connectivity index (χ1) is 15.5. The first kappa shape index (κ1) is 22.1. The second kappa shape index (κ2) is 9.58. The maximum absolute atomic E-state index is 13.2. The molecule has 1 saturated heterocycles. The molecule has 0 spiro atoms. The minimum Gasteiger partial charge on any atom is -0.352 e. The van der Waals surface area contributed by atoms with Gasteiger partial charge in [-0.3, -0.25) is 14.5 Å². The smallest absolute Gasteiger partial charge is 0.242 e. The topological polar surface area (TPSA) is 85.6 Å². The number of hydrogen-bond donors (Lipinski definition) is 1. The molecule has 1 unspecified atom stereocenters. The molecule has 1 N–H and O–H groups in total. The molecule has 0 aromatic heterocycles. The molecule has 6 nitrogen and oxygen atoms in total. The third kappa shape index (κ3) is 5.38. The van der Waals surface area contributed by atoms with Gasteiger partial charge >= 0.3 is 0 Å². The minimum atomic E-state index is -0.509. The average Bonchev–Trinajstić information content (AvgIpc) is 3.47. The summed E-state index contributed by atoms with van der Waals surface area (Å²) in [5, 5.41) is 12.4. The predicted octanol–water partition coefficient (Wildman–Crippen LogP) is 4.39. The third-order valence-electron chi connectivity index (χ3n) is 6.01. The summed E-state index contributed by atoms with van der Waals surface area (Å²) in [5.41, 5.74) is 2.32. The van der Waals surface area contributed by atoms with Gasteiger partial charge in [0, 0.05) is 19.5 Å². The number of benzene rings is 2. The molecule has 0 radical (unpaired) electrons. The first-order valence-electron chi connectivity index (χ1n) is 10.8. The van der Waals surface area contributed by atoms with Crippen LogP contribution >= 0.6 is 11.8 Å². The van der Waals surface area contributed by atoms with Crippen molar-refractivity contribution in [1.82, 2.24) is 10.2 Å². The minimum absolute atomic E-state index is 0.0812. The Morgan fingerprint density at radius 3 is 2.66 bits per heavy atom. The molecule has 7 heteroatoms. The summed E-state index contributed by atoms with van der Waals surface area (Å²) in [6.07, 6.45) is 3.36. The van der Waals surface area contributed by atoms with E-state index in [0.29, 0.717) is 34.9 Å². The summed E-state index contributed by atoms with van der Waals surface area (Å²) >= 11 is 1.32. The second-order valence-corrected chi connectivity index (χ2v) is 9.82. The first-order valence-corrected chi connectivity index (χ1v) is 11.7. The van der Waals surface area contributed by atoms with E-state index in [-0.39, 0.29) is 18.2 Å². The number of carbonyl (C=O) groups is 2. The lowest BCUT2D eigenvalue weighted by Crippen LogP contribution is -2.35. The van der Waals surface area contributed by atoms with Crippen molar-refractivity contribution in [2.45, 2.75) is 44.4 Å². The molecular formula is C25H26N4O2S. The summed E-state index contributed by atoms with van der Waals surface area (Å²) in [6, 6.07) is 19.0. The average molecular weight is 447 g/mol. The van der Waals surface area contributed by atoms with Crippen LogP contribution in [0.5, 0.6) is 0 Å². The van der Waals surface area contributed by atoms with Crippen molar-refractivity contribution in [3.63, 3.8) is 0 Å². The SMILES string of the molecule is CC1(CCN2C(=O)C(CC(=O)NCc3ccccc3)SC2=Nc2ccccc2C#N)CC1. The van der Waals surface area contributed by atoms with Crippen molar-refractivity contribution in [3.8, 4) is 6.07 Å². The highest BCUT2D eigenvalue weighted by Crippen LogP contribution is 2.48. The van der Waals surface area contributed by atoms with Crippen LogP contribution in [0.25, 0.3) is 0 Å². The predicted molar refractivity (Wildman–Crippen MR) is 126 cm³/mol. The largest absolute Gasteiger partial charge is 0.352 e. The van der Waals surface area contributed by atoms with Gasteiger partial charge in [-0.05, 0) is 42.4 Å². The highest BCUT2D eigenvalue weighted by Gasteiger charge is 2.42. The van der Waals surface area contributed by atoms with E-state index in [1.54, 1.807) is 23.1 Å². The molecular weight excluding hydrogens is 420 g/mol. The van der Waals surface area contributed by atoms with Gasteiger partial charge in [0.15, 0.2) is 5.17 Å². The Bertz CT molecular complexity index is 1070. The molecule has 4 rings (SSSR count). The zero-order valence-electron chi connectivity index (χ0n) is 18.1. The van der Waals surface area contributed by atoms with Gasteiger partial charge in [-0.1, -0.05) is 61.2 Å². The van der Waals surface area contributed by atoms with Crippen LogP contribution in [0, 0.1) is 16.7 Å². The van der Waals surface area contributed by atoms with Gasteiger partial charge in [0.1, 0.15) is 11.3 Å². The fraction of sp³-hybridized carbons (Fsp3) is 0.360. The monoisotopic (exact) mass is 446 g/mol. The van der Waals surface area contributed by atoms with Crippen molar-refractivity contribution < 1.29 is 9.59 Å². The standard InChI is InChI=1S/C25H26N4O2S/c1-25(11-12-25)13-14-29-23(31)21(15-22(30)27-17-18-7-3-2-4-8-18)32-24(29)28-20-10-6-5-9-19(20)16-26/h2-10,21H,11-15,17H2,1H3,(H,27,30). The maximum Gasteiger partial charge on any atom is 0.242 e. The van der Waals surface area contributed by atoms with E-state index in [1.807, 2.05) is 36.4 Å². The Kier molecular flexibility index (Phi) is 6.61. The van der Waals surface area contributed by atoms with E-state index in [2.05, 4.69) is 23.3 Å². The van der Waals surface area contributed by atoms with Crippen LogP contribution < -0.4 is 5.32 Å². The van der Waals surface area contributed by atoms with Crippen molar-refractivity contribution in [1.29, 1.82) is 5.26 Å². The molecule has 0 bridgehead atoms. The van der Waals surface area contributed by atoms with Gasteiger partial charge in [-0.2, -0.15) is 5.26 Å². The van der Waals surface area contributed by atoms with Crippen LogP contribution in [0.2, 0.25) is 0 Å². The van der Waals surface area contributed by atoms with Gasteiger partial charge in [0.05, 0.1) is 11.3 Å². The van der Waals surface area contributed by atoms with Crippen LogP contribution in [0.4, 0.5) is 5.69 Å². The molecule has 1 aliphatic carbocycles. The van der Waals surface area contributed by atoms with Crippen molar-refractivity contribution in [3.05, 3.63) is 65.7 Å². The fourth-order valence-electron chi connectivity index (χ4n) is 3.58. The molecule has 2 aliphatic rings. The molecule has 1 atom stereocenters. The molecule has 1 aliphatic heterocycles. The van der Waals surface area contributed by atoms with Crippen LogP contribution in [-0.2, 0) is 16.1 Å². The maximum atomic E-state index is 13.2. The number of nitrogens with one attached hydrogen (secondary N) is 1. The van der Waals surface area contributed by atoms with Crippen LogP contribution in [0.1, 0.15) is 43.7 Å². The number of amides is 2. The van der Waals surface area contributed by atoms with E-state index >= 15 is 0 Å². The Balaban J connectivity index is 1.47. The summed E-state index contributed by atoms with van der Waals surface area (Å²) in [6.45, 7) is 3.25. The zero-order valence-corrected chi connectivity index (χ0v) is 18.9. The van der Waals surface area contributed by atoms with Crippen molar-refractivity contribution in [2.75, 3.05) is 6.54 Å². The Morgan fingerprint density at radius 1 is 1.22 bits per heavy atom. The molecule has 1 saturated carbocycles. The number of aliphatic imine (C=N–C) groups is 1. The van der Waals surface area contributed by atoms with Gasteiger partial charge < -0.3 is 5.32 Å². The van der Waals surface area contributed by atoms with Crippen LogP contribution in [0.3, 0.4) is 0 Å². The lowest BCUT2D eigenvalue weighted by molar-refractivity contribution is -0.129. The van der Waals surface area contributed by atoms with Gasteiger partial charge in [-0.25, -0.2) is 4.99 Å². The number of nitrogens with zero attached hydrogens (tertiary/aromatic N) is 3. The van der Waals surface area contributed by atoms with E-state index in [9.17, 15) is 14.9 Å². The van der Waals surface area contributed by atoms with Gasteiger partial charge in [-0.15, -0.1) is 0 Å². The Hall–Kier alpha value is -3.11. The van der Waals surface area contributed by atoms with Crippen LogP contribution in [-0.4, -0.2) is 33.7 Å². The number of amidine groups is 1. The van der Waals surface area contributed by atoms with E-state index in [4.69, 9.17) is 0 Å². The zero-order chi connectivity index (χ0) is 22.6. The van der Waals surface area contributed by atoms with E-state index < -0.39 is 5.25 Å². The molecule has 2 aromatic carbocycles. The van der Waals surface area contributed by atoms with Crippen molar-refractivity contribution in [2.24, 2.45) is 10.4 Å². The van der Waals surface area contributed by atoms with E-state index in [1.165, 1.54) is 24.6 Å². The summed E-state index contributed by atoms with van der Waals surface area (Å²) in [7, 11) is 0. The number of para-hydroxylation sites is 1. The summed E-state index contributed by atoms with van der Waals surface area (Å²) in [4.78, 5) is 32.1. The molecule has 2 amide bonds. The summed E-state index contributed by atoms with van der Waals surface area (Å²) < 4.78 is 0. The molecule has 1 heterocycles. The Morgan fingerprint density at radius 2 is 1.94 bits per heavy atom. The van der Waals surface area contributed by atoms with Gasteiger partial charge in [0.25, 0.3) is 0 Å². The Labute approximate surface area is 192 Å². The van der Waals surface area contributed by atoms with Gasteiger partial charge in [0.2, 0.25) is 11.8 Å². The molecule has 2 aromatic rings. The number of carbonyl (C=O) groups excluding carboxylic acids is 2. The lowest BCUT2D eigenvalue weighted by Gasteiger charge is -2.19. The number of hydrogen-bond acceptors (Lipinski definition) is 5. The lowest BCUT2D eigenvalue weighted by atomic mass is 10.1. The molecule has 32 heavy (non-hydrogen) atoms. The molecule has 2 fully saturated rings.